The van der Waals surface area contributed by atoms with Crippen molar-refractivity contribution in [2.45, 2.75) is 12.1 Å². The molecule has 8 nitrogen and oxygen atoms in total. The number of anilines is 2. The number of morpholine rings is 1. The summed E-state index contributed by atoms with van der Waals surface area (Å²) in [5.41, 5.74) is 3.69. The fourth-order valence-corrected chi connectivity index (χ4v) is 4.62. The normalized spacial score (nSPS) is 13.7. The zero-order valence-corrected chi connectivity index (χ0v) is 19.6. The molecule has 2 aromatic carbocycles. The Kier molecular flexibility index (Phi) is 6.64. The van der Waals surface area contributed by atoms with Crippen LogP contribution in [0.3, 0.4) is 0 Å². The summed E-state index contributed by atoms with van der Waals surface area (Å²) in [6.45, 7) is 5.13. The topological polar surface area (TPSA) is 85.4 Å². The van der Waals surface area contributed by atoms with Gasteiger partial charge in [0.2, 0.25) is 5.91 Å². The van der Waals surface area contributed by atoms with Gasteiger partial charge >= 0.3 is 0 Å². The zero-order chi connectivity index (χ0) is 23.3. The molecular weight excluding hydrogens is 450 g/mol. The van der Waals surface area contributed by atoms with Crippen molar-refractivity contribution in [3.05, 3.63) is 72.7 Å². The number of amides is 1. The highest BCUT2D eigenvalue weighted by Gasteiger charge is 2.20. The average molecular weight is 476 g/mol. The van der Waals surface area contributed by atoms with Crippen LogP contribution in [0, 0.1) is 6.92 Å². The van der Waals surface area contributed by atoms with Gasteiger partial charge in [-0.2, -0.15) is 0 Å². The third kappa shape index (κ3) is 4.85. The fourth-order valence-electron chi connectivity index (χ4n) is 3.87. The first-order valence-corrected chi connectivity index (χ1v) is 12.1. The molecule has 2 aromatic heterocycles. The molecule has 3 heterocycles. The van der Waals surface area contributed by atoms with Crippen molar-refractivity contribution in [3.63, 3.8) is 0 Å². The number of carbonyl (C=O) groups excluding carboxylic acids is 1. The van der Waals surface area contributed by atoms with Crippen molar-refractivity contribution < 1.29 is 13.9 Å². The lowest BCUT2D eigenvalue weighted by Crippen LogP contribution is -2.36. The molecule has 1 saturated heterocycles. The Morgan fingerprint density at radius 2 is 1.76 bits per heavy atom. The Bertz CT molecular complexity index is 1250. The number of furan rings is 1. The van der Waals surface area contributed by atoms with Crippen molar-refractivity contribution in [2.75, 3.05) is 42.3 Å². The molecule has 5 rings (SSSR count). The predicted octanol–water partition coefficient (Wildman–Crippen LogP) is 4.40. The van der Waals surface area contributed by atoms with E-state index < -0.39 is 0 Å². The number of para-hydroxylation sites is 1. The summed E-state index contributed by atoms with van der Waals surface area (Å²) in [6.07, 6.45) is 1.64. The summed E-state index contributed by atoms with van der Waals surface area (Å²) in [7, 11) is 0. The van der Waals surface area contributed by atoms with Gasteiger partial charge < -0.3 is 19.4 Å². The van der Waals surface area contributed by atoms with Gasteiger partial charge in [0.1, 0.15) is 5.76 Å². The van der Waals surface area contributed by atoms with E-state index in [1.165, 1.54) is 11.8 Å². The summed E-state index contributed by atoms with van der Waals surface area (Å²) in [5, 5.41) is 12.4. The second-order valence-electron chi connectivity index (χ2n) is 7.85. The SMILES string of the molecule is Cc1occc1-c1nnc(SCC(=O)Nc2ccc(N3CCOCC3)cc2)n1-c1ccccc1. The quantitative estimate of drug-likeness (QED) is 0.397. The highest BCUT2D eigenvalue weighted by Crippen LogP contribution is 2.30. The predicted molar refractivity (Wildman–Crippen MR) is 133 cm³/mol. The number of aromatic nitrogens is 3. The van der Waals surface area contributed by atoms with E-state index in [1.807, 2.05) is 72.2 Å². The van der Waals surface area contributed by atoms with E-state index in [0.29, 0.717) is 11.0 Å². The van der Waals surface area contributed by atoms with Crippen LogP contribution in [0.5, 0.6) is 0 Å². The van der Waals surface area contributed by atoms with Crippen LogP contribution in [0.15, 0.2) is 76.5 Å². The Morgan fingerprint density at radius 1 is 1.00 bits per heavy atom. The molecule has 0 spiro atoms. The summed E-state index contributed by atoms with van der Waals surface area (Å²) in [6, 6.07) is 19.7. The molecule has 34 heavy (non-hydrogen) atoms. The van der Waals surface area contributed by atoms with Crippen LogP contribution in [-0.2, 0) is 9.53 Å². The number of hydrogen-bond acceptors (Lipinski definition) is 7. The third-order valence-electron chi connectivity index (χ3n) is 5.61. The minimum atomic E-state index is -0.104. The maximum atomic E-state index is 12.7. The lowest BCUT2D eigenvalue weighted by Gasteiger charge is -2.28. The minimum Gasteiger partial charge on any atom is -0.469 e. The minimum absolute atomic E-state index is 0.104. The second kappa shape index (κ2) is 10.1. The number of benzene rings is 2. The number of aryl methyl sites for hydroxylation is 1. The van der Waals surface area contributed by atoms with Crippen molar-refractivity contribution in [3.8, 4) is 17.1 Å². The first kappa shape index (κ1) is 22.2. The van der Waals surface area contributed by atoms with Crippen molar-refractivity contribution >= 4 is 29.0 Å². The highest BCUT2D eigenvalue weighted by atomic mass is 32.2. The van der Waals surface area contributed by atoms with Gasteiger partial charge in [-0.25, -0.2) is 0 Å². The maximum Gasteiger partial charge on any atom is 0.234 e. The van der Waals surface area contributed by atoms with Gasteiger partial charge in [0, 0.05) is 30.2 Å². The molecule has 174 valence electrons. The van der Waals surface area contributed by atoms with E-state index in [-0.39, 0.29) is 11.7 Å². The molecular formula is C25H25N5O3S. The number of carbonyl (C=O) groups is 1. The molecule has 1 amide bonds. The van der Waals surface area contributed by atoms with Crippen LogP contribution in [-0.4, -0.2) is 52.7 Å². The van der Waals surface area contributed by atoms with Gasteiger partial charge in [0.05, 0.1) is 30.8 Å². The van der Waals surface area contributed by atoms with Crippen molar-refractivity contribution in [2.24, 2.45) is 0 Å². The summed E-state index contributed by atoms with van der Waals surface area (Å²) in [4.78, 5) is 15.0. The van der Waals surface area contributed by atoms with Crippen molar-refractivity contribution in [1.29, 1.82) is 0 Å². The first-order valence-electron chi connectivity index (χ1n) is 11.1. The Hall–Kier alpha value is -3.56. The number of rotatable bonds is 7. The molecule has 0 bridgehead atoms. The molecule has 1 aliphatic rings. The Labute approximate surface area is 201 Å². The number of nitrogens with one attached hydrogen (secondary N) is 1. The van der Waals surface area contributed by atoms with Gasteiger partial charge in [-0.15, -0.1) is 10.2 Å². The second-order valence-corrected chi connectivity index (χ2v) is 8.79. The summed E-state index contributed by atoms with van der Waals surface area (Å²) in [5.74, 6) is 1.55. The van der Waals surface area contributed by atoms with E-state index in [1.54, 1.807) is 6.26 Å². The molecule has 9 heteroatoms. The standard InChI is InChI=1S/C25H25N5O3S/c1-18-22(11-14-33-18)24-27-28-25(30(24)21-5-3-2-4-6-21)34-17-23(31)26-19-7-9-20(10-8-19)29-12-15-32-16-13-29/h2-11,14H,12-13,15-17H2,1H3,(H,26,31). The Morgan fingerprint density at radius 3 is 2.47 bits per heavy atom. The van der Waals surface area contributed by atoms with Gasteiger partial charge in [-0.3, -0.25) is 9.36 Å². The molecule has 0 unspecified atom stereocenters. The number of ether oxygens (including phenoxy) is 1. The molecule has 0 radical (unpaired) electrons. The van der Waals surface area contributed by atoms with Gasteiger partial charge in [0.25, 0.3) is 0 Å². The highest BCUT2D eigenvalue weighted by molar-refractivity contribution is 7.99. The van der Waals surface area contributed by atoms with Crippen molar-refractivity contribution in [1.82, 2.24) is 14.8 Å². The van der Waals surface area contributed by atoms with E-state index in [4.69, 9.17) is 9.15 Å². The number of thioether (sulfide) groups is 1. The largest absolute Gasteiger partial charge is 0.469 e. The van der Waals surface area contributed by atoms with Gasteiger partial charge in [-0.1, -0.05) is 30.0 Å². The number of hydrogen-bond donors (Lipinski definition) is 1. The van der Waals surface area contributed by atoms with Crippen LogP contribution in [0.2, 0.25) is 0 Å². The van der Waals surface area contributed by atoms with Crippen LogP contribution >= 0.6 is 11.8 Å². The number of nitrogens with zero attached hydrogens (tertiary/aromatic N) is 4. The smallest absolute Gasteiger partial charge is 0.234 e. The average Bonchev–Trinajstić information content (AvgIpc) is 3.50. The van der Waals surface area contributed by atoms with E-state index in [0.717, 1.165) is 54.7 Å². The third-order valence-corrected chi connectivity index (χ3v) is 6.54. The van der Waals surface area contributed by atoms with E-state index in [9.17, 15) is 4.79 Å². The molecule has 0 saturated carbocycles. The molecule has 1 aliphatic heterocycles. The van der Waals surface area contributed by atoms with E-state index >= 15 is 0 Å². The molecule has 1 fully saturated rings. The lowest BCUT2D eigenvalue weighted by molar-refractivity contribution is -0.113. The van der Waals surface area contributed by atoms with Crippen LogP contribution in [0.1, 0.15) is 5.76 Å². The van der Waals surface area contributed by atoms with Gasteiger partial charge in [-0.05, 0) is 49.4 Å². The Balaban J connectivity index is 1.28. The lowest BCUT2D eigenvalue weighted by atomic mass is 10.2. The zero-order valence-electron chi connectivity index (χ0n) is 18.8. The van der Waals surface area contributed by atoms with Gasteiger partial charge in [0.15, 0.2) is 11.0 Å². The molecule has 4 aromatic rings. The monoisotopic (exact) mass is 475 g/mol. The first-order chi connectivity index (χ1) is 16.7. The molecule has 0 aliphatic carbocycles. The molecule has 1 N–H and O–H groups in total. The van der Waals surface area contributed by atoms with Crippen LogP contribution in [0.25, 0.3) is 17.1 Å². The summed E-state index contributed by atoms with van der Waals surface area (Å²) < 4.78 is 12.8. The fraction of sp³-hybridized carbons (Fsp3) is 0.240. The maximum absolute atomic E-state index is 12.7. The summed E-state index contributed by atoms with van der Waals surface area (Å²) >= 11 is 1.34. The van der Waals surface area contributed by atoms with Crippen LogP contribution in [0.4, 0.5) is 11.4 Å². The van der Waals surface area contributed by atoms with E-state index in [2.05, 4.69) is 20.4 Å². The molecule has 0 atom stereocenters. The van der Waals surface area contributed by atoms with Crippen LogP contribution < -0.4 is 10.2 Å².